The highest BCUT2D eigenvalue weighted by Crippen LogP contribution is 2.39. The number of rotatable bonds is 3. The first-order valence-electron chi connectivity index (χ1n) is 5.73. The van der Waals surface area contributed by atoms with E-state index in [0.717, 1.165) is 26.2 Å². The first-order chi connectivity index (χ1) is 7.07. The van der Waals surface area contributed by atoms with E-state index in [2.05, 4.69) is 4.90 Å². The van der Waals surface area contributed by atoms with Crippen molar-refractivity contribution in [3.8, 4) is 0 Å². The maximum Gasteiger partial charge on any atom is 0.248 e. The van der Waals surface area contributed by atoms with Crippen molar-refractivity contribution in [1.29, 1.82) is 0 Å². The molecule has 0 unspecified atom stereocenters. The zero-order chi connectivity index (χ0) is 10.9. The van der Waals surface area contributed by atoms with E-state index in [-0.39, 0.29) is 18.8 Å². The highest BCUT2D eigenvalue weighted by Gasteiger charge is 2.40. The summed E-state index contributed by atoms with van der Waals surface area (Å²) >= 11 is 0. The Hall–Kier alpha value is -0.220. The molecular weight excluding hydrogens is 200 g/mol. The quantitative estimate of drug-likeness (QED) is 0.721. The van der Waals surface area contributed by atoms with E-state index in [1.165, 1.54) is 0 Å². The maximum absolute atomic E-state index is 13.0. The van der Waals surface area contributed by atoms with Crippen molar-refractivity contribution in [2.75, 3.05) is 26.8 Å². The van der Waals surface area contributed by atoms with E-state index in [1.54, 1.807) is 0 Å². The molecule has 1 saturated heterocycles. The molecule has 0 amide bonds. The highest BCUT2D eigenvalue weighted by molar-refractivity contribution is 4.84. The summed E-state index contributed by atoms with van der Waals surface area (Å²) in [5.41, 5.74) is 0. The minimum absolute atomic E-state index is 0.0743. The van der Waals surface area contributed by atoms with Crippen molar-refractivity contribution in [3.05, 3.63) is 0 Å². The van der Waals surface area contributed by atoms with Gasteiger partial charge in [-0.05, 0) is 25.8 Å². The number of ether oxygens (including phenoxy) is 1. The smallest absolute Gasteiger partial charge is 0.248 e. The van der Waals surface area contributed by atoms with Crippen molar-refractivity contribution in [3.63, 3.8) is 0 Å². The van der Waals surface area contributed by atoms with Crippen molar-refractivity contribution >= 4 is 0 Å². The Labute approximate surface area is 89.6 Å². The molecule has 1 aliphatic carbocycles. The number of alkyl halides is 2. The van der Waals surface area contributed by atoms with Crippen LogP contribution in [0.15, 0.2) is 0 Å². The first-order valence-corrected chi connectivity index (χ1v) is 5.73. The van der Waals surface area contributed by atoms with Gasteiger partial charge in [0.15, 0.2) is 0 Å². The molecule has 0 radical (unpaired) electrons. The van der Waals surface area contributed by atoms with Crippen molar-refractivity contribution in [2.24, 2.45) is 5.92 Å². The fourth-order valence-corrected chi connectivity index (χ4v) is 2.62. The Morgan fingerprint density at radius 2 is 2.20 bits per heavy atom. The van der Waals surface area contributed by atoms with Crippen LogP contribution >= 0.6 is 0 Å². The second-order valence-electron chi connectivity index (χ2n) is 4.92. The molecule has 0 bridgehead atoms. The van der Waals surface area contributed by atoms with Crippen LogP contribution in [0.25, 0.3) is 0 Å². The summed E-state index contributed by atoms with van der Waals surface area (Å²) in [5.74, 6) is -2.23. The Morgan fingerprint density at radius 3 is 2.73 bits per heavy atom. The van der Waals surface area contributed by atoms with Gasteiger partial charge in [0.2, 0.25) is 5.92 Å². The summed E-state index contributed by atoms with van der Waals surface area (Å²) < 4.78 is 31.3. The molecule has 0 aromatic heterocycles. The van der Waals surface area contributed by atoms with Gasteiger partial charge in [-0.1, -0.05) is 0 Å². The molecule has 0 N–H and O–H groups in total. The lowest BCUT2D eigenvalue weighted by Gasteiger charge is -2.25. The molecule has 2 nitrogen and oxygen atoms in total. The Kier molecular flexibility index (Phi) is 3.26. The normalized spacial score (nSPS) is 35.2. The molecule has 0 aromatic carbocycles. The van der Waals surface area contributed by atoms with Gasteiger partial charge in [-0.2, -0.15) is 0 Å². The van der Waals surface area contributed by atoms with Gasteiger partial charge in [0.25, 0.3) is 0 Å². The average Bonchev–Trinajstić information content (AvgIpc) is 2.74. The van der Waals surface area contributed by atoms with E-state index in [1.807, 2.05) is 7.05 Å². The largest absolute Gasteiger partial charge is 0.380 e. The standard InChI is InChI=1S/C11H19F2NO/c1-14(10-3-5-15-8-10)7-9-2-4-11(12,13)6-9/h9-10H,2-8H2,1H3/t9-,10-/m0/s1. The molecule has 1 heterocycles. The molecule has 0 aromatic rings. The average molecular weight is 219 g/mol. The molecule has 2 atom stereocenters. The Bertz CT molecular complexity index is 217. The number of hydrogen-bond donors (Lipinski definition) is 0. The Morgan fingerprint density at radius 1 is 1.40 bits per heavy atom. The van der Waals surface area contributed by atoms with Crippen LogP contribution in [-0.4, -0.2) is 43.7 Å². The lowest BCUT2D eigenvalue weighted by atomic mass is 10.1. The van der Waals surface area contributed by atoms with Crippen molar-refractivity contribution < 1.29 is 13.5 Å². The van der Waals surface area contributed by atoms with E-state index < -0.39 is 5.92 Å². The summed E-state index contributed by atoms with van der Waals surface area (Å²) in [6.07, 6.45) is 1.86. The highest BCUT2D eigenvalue weighted by atomic mass is 19.3. The zero-order valence-corrected chi connectivity index (χ0v) is 9.22. The summed E-state index contributed by atoms with van der Waals surface area (Å²) in [4.78, 5) is 2.19. The topological polar surface area (TPSA) is 12.5 Å². The number of halogens is 2. The van der Waals surface area contributed by atoms with Crippen molar-refractivity contribution in [1.82, 2.24) is 4.90 Å². The molecule has 0 spiro atoms. The van der Waals surface area contributed by atoms with E-state index in [0.29, 0.717) is 12.5 Å². The van der Waals surface area contributed by atoms with Crippen LogP contribution < -0.4 is 0 Å². The molecular formula is C11H19F2NO. The van der Waals surface area contributed by atoms with Gasteiger partial charge < -0.3 is 9.64 Å². The summed E-state index contributed by atoms with van der Waals surface area (Å²) in [7, 11) is 2.02. The van der Waals surface area contributed by atoms with Crippen LogP contribution in [0.3, 0.4) is 0 Å². The first kappa shape index (κ1) is 11.3. The molecule has 4 heteroatoms. The third kappa shape index (κ3) is 2.88. The lowest BCUT2D eigenvalue weighted by Crippen LogP contribution is -2.35. The van der Waals surface area contributed by atoms with Gasteiger partial charge in [-0.25, -0.2) is 8.78 Å². The van der Waals surface area contributed by atoms with Gasteiger partial charge in [-0.3, -0.25) is 0 Å². The lowest BCUT2D eigenvalue weighted by molar-refractivity contribution is 0.00315. The monoisotopic (exact) mass is 219 g/mol. The molecule has 1 aliphatic heterocycles. The van der Waals surface area contributed by atoms with Crippen LogP contribution in [0.4, 0.5) is 8.78 Å². The van der Waals surface area contributed by atoms with Crippen LogP contribution in [0.5, 0.6) is 0 Å². The molecule has 88 valence electrons. The number of hydrogen-bond acceptors (Lipinski definition) is 2. The van der Waals surface area contributed by atoms with Gasteiger partial charge >= 0.3 is 0 Å². The molecule has 1 saturated carbocycles. The van der Waals surface area contributed by atoms with Gasteiger partial charge in [0, 0.05) is 32.0 Å². The van der Waals surface area contributed by atoms with Crippen LogP contribution in [0.1, 0.15) is 25.7 Å². The van der Waals surface area contributed by atoms with Gasteiger partial charge in [0.1, 0.15) is 0 Å². The third-order valence-corrected chi connectivity index (χ3v) is 3.58. The van der Waals surface area contributed by atoms with Gasteiger partial charge in [-0.15, -0.1) is 0 Å². The Balaban J connectivity index is 1.77. The van der Waals surface area contributed by atoms with E-state index in [9.17, 15) is 8.78 Å². The third-order valence-electron chi connectivity index (χ3n) is 3.58. The summed E-state index contributed by atoms with van der Waals surface area (Å²) in [6.45, 7) is 2.37. The predicted molar refractivity (Wildman–Crippen MR) is 54.1 cm³/mol. The second-order valence-corrected chi connectivity index (χ2v) is 4.92. The number of nitrogens with zero attached hydrogens (tertiary/aromatic N) is 1. The maximum atomic E-state index is 13.0. The fourth-order valence-electron chi connectivity index (χ4n) is 2.62. The number of likely N-dealkylation sites (N-methyl/N-ethyl adjacent to an activating group) is 1. The minimum Gasteiger partial charge on any atom is -0.380 e. The fraction of sp³-hybridized carbons (Fsp3) is 1.00. The van der Waals surface area contributed by atoms with Crippen LogP contribution in [-0.2, 0) is 4.74 Å². The van der Waals surface area contributed by atoms with Crippen molar-refractivity contribution in [2.45, 2.75) is 37.6 Å². The van der Waals surface area contributed by atoms with E-state index in [4.69, 9.17) is 4.74 Å². The predicted octanol–water partition coefficient (Wildman–Crippen LogP) is 2.14. The molecule has 2 rings (SSSR count). The summed E-state index contributed by atoms with van der Waals surface area (Å²) in [6, 6.07) is 0.444. The summed E-state index contributed by atoms with van der Waals surface area (Å²) in [5, 5.41) is 0. The zero-order valence-electron chi connectivity index (χ0n) is 9.22. The van der Waals surface area contributed by atoms with E-state index >= 15 is 0 Å². The minimum atomic E-state index is -2.41. The van der Waals surface area contributed by atoms with Gasteiger partial charge in [0.05, 0.1) is 6.61 Å². The molecule has 15 heavy (non-hydrogen) atoms. The van der Waals surface area contributed by atoms with Crippen LogP contribution in [0, 0.1) is 5.92 Å². The molecule has 2 aliphatic rings. The second kappa shape index (κ2) is 4.34. The van der Waals surface area contributed by atoms with Crippen LogP contribution in [0.2, 0.25) is 0 Å². The SMILES string of the molecule is CN(C[C@H]1CCC(F)(F)C1)[C@H]1CCOC1. The molecule has 2 fully saturated rings.